The minimum Gasteiger partial charge on any atom is -0.495 e. The first kappa shape index (κ1) is 28.6. The number of halogens is 4. The number of benzene rings is 1. The zero-order valence-corrected chi connectivity index (χ0v) is 25.9. The Morgan fingerprint density at radius 2 is 1.97 bits per heavy atom. The van der Waals surface area contributed by atoms with Gasteiger partial charge < -0.3 is 29.6 Å². The number of amides is 1. The zero-order valence-electron chi connectivity index (χ0n) is 19.5. The lowest BCUT2D eigenvalue weighted by Gasteiger charge is -2.33. The lowest BCUT2D eigenvalue weighted by atomic mass is 9.87. The molecular formula is C23H27Br4N3O5. The summed E-state index contributed by atoms with van der Waals surface area (Å²) in [5, 5.41) is 17.6. The monoisotopic (exact) mass is 741 g/mol. The number of carbonyl (C=O) groups excluding carboxylic acids is 1. The molecule has 3 rings (SSSR count). The summed E-state index contributed by atoms with van der Waals surface area (Å²) in [6.45, 7) is 1.99. The van der Waals surface area contributed by atoms with Crippen molar-refractivity contribution in [2.75, 3.05) is 40.9 Å². The quantitative estimate of drug-likeness (QED) is 0.340. The predicted molar refractivity (Wildman–Crippen MR) is 149 cm³/mol. The molecule has 12 heteroatoms. The Labute approximate surface area is 238 Å². The summed E-state index contributed by atoms with van der Waals surface area (Å²) in [6.07, 6.45) is 2.25. The van der Waals surface area contributed by atoms with Gasteiger partial charge in [0.1, 0.15) is 23.3 Å². The van der Waals surface area contributed by atoms with Gasteiger partial charge in [0, 0.05) is 28.5 Å². The lowest BCUT2D eigenvalue weighted by molar-refractivity contribution is -0.114. The smallest absolute Gasteiger partial charge is 0.269 e. The van der Waals surface area contributed by atoms with Crippen molar-refractivity contribution in [3.05, 3.63) is 47.4 Å². The number of hydrogen-bond donors (Lipinski definition) is 2. The molecule has 0 bridgehead atoms. The maximum absolute atomic E-state index is 12.7. The Morgan fingerprint density at radius 1 is 1.29 bits per heavy atom. The van der Waals surface area contributed by atoms with Crippen LogP contribution in [0.1, 0.15) is 18.4 Å². The number of carbonyl (C=O) groups is 1. The average molecular weight is 745 g/mol. The van der Waals surface area contributed by atoms with E-state index in [1.165, 1.54) is 7.11 Å². The molecule has 8 nitrogen and oxygen atoms in total. The Hall–Kier alpha value is -0.920. The SMILES string of the molecule is COC1=C(Br)[C@H](O)[C@@]2(C=C1Br)CC(C(=O)NCCc1c(Br)cc(OCCCN(C)C)cc1Br)=NO2. The molecule has 2 atom stereocenters. The van der Waals surface area contributed by atoms with E-state index >= 15 is 0 Å². The fourth-order valence-corrected chi connectivity index (χ4v) is 7.03. The molecule has 1 spiro atoms. The Kier molecular flexibility index (Phi) is 10.3. The summed E-state index contributed by atoms with van der Waals surface area (Å²) >= 11 is 14.0. The Balaban J connectivity index is 1.53. The minimum absolute atomic E-state index is 0.119. The highest BCUT2D eigenvalue weighted by atomic mass is 79.9. The van der Waals surface area contributed by atoms with Crippen LogP contribution in [0.3, 0.4) is 0 Å². The number of aliphatic hydroxyl groups excluding tert-OH is 1. The highest BCUT2D eigenvalue weighted by Gasteiger charge is 2.50. The van der Waals surface area contributed by atoms with Crippen molar-refractivity contribution in [1.29, 1.82) is 0 Å². The van der Waals surface area contributed by atoms with Crippen molar-refractivity contribution in [1.82, 2.24) is 10.2 Å². The third-order valence-electron chi connectivity index (χ3n) is 5.54. The van der Waals surface area contributed by atoms with Crippen molar-refractivity contribution in [3.8, 4) is 5.75 Å². The van der Waals surface area contributed by atoms with Crippen LogP contribution in [-0.4, -0.2) is 74.2 Å². The molecule has 1 aromatic carbocycles. The molecule has 0 radical (unpaired) electrons. The molecule has 2 aliphatic rings. The third kappa shape index (κ3) is 6.89. The van der Waals surface area contributed by atoms with Gasteiger partial charge in [-0.2, -0.15) is 0 Å². The van der Waals surface area contributed by atoms with E-state index < -0.39 is 11.7 Å². The number of methoxy groups -OCH3 is 1. The van der Waals surface area contributed by atoms with Gasteiger partial charge in [0.15, 0.2) is 5.60 Å². The summed E-state index contributed by atoms with van der Waals surface area (Å²) in [5.74, 6) is 0.898. The first-order valence-corrected chi connectivity index (χ1v) is 14.0. The molecular weight excluding hydrogens is 718 g/mol. The van der Waals surface area contributed by atoms with Gasteiger partial charge in [-0.3, -0.25) is 4.79 Å². The average Bonchev–Trinajstić information content (AvgIpc) is 3.22. The molecule has 0 saturated carbocycles. The minimum atomic E-state index is -1.18. The molecule has 0 aromatic heterocycles. The predicted octanol–water partition coefficient (Wildman–Crippen LogP) is 4.62. The van der Waals surface area contributed by atoms with E-state index in [-0.39, 0.29) is 18.0 Å². The second-order valence-corrected chi connectivity index (χ2v) is 11.8. The molecule has 35 heavy (non-hydrogen) atoms. The van der Waals surface area contributed by atoms with E-state index in [2.05, 4.69) is 79.1 Å². The van der Waals surface area contributed by atoms with Gasteiger partial charge >= 0.3 is 0 Å². The number of hydrogen-bond acceptors (Lipinski definition) is 7. The summed E-state index contributed by atoms with van der Waals surface area (Å²) in [5.41, 5.74) is 0.0463. The van der Waals surface area contributed by atoms with Crippen LogP contribution in [0.2, 0.25) is 0 Å². The molecule has 1 aliphatic carbocycles. The molecule has 1 aliphatic heterocycles. The summed E-state index contributed by atoms with van der Waals surface area (Å²) in [7, 11) is 5.58. The largest absolute Gasteiger partial charge is 0.495 e. The van der Waals surface area contributed by atoms with Crippen LogP contribution in [0.15, 0.2) is 47.0 Å². The van der Waals surface area contributed by atoms with E-state index in [1.54, 1.807) is 6.08 Å². The lowest BCUT2D eigenvalue weighted by Crippen LogP contribution is -2.45. The van der Waals surface area contributed by atoms with Gasteiger partial charge in [-0.25, -0.2) is 0 Å². The molecule has 2 N–H and O–H groups in total. The first-order valence-electron chi connectivity index (χ1n) is 10.9. The van der Waals surface area contributed by atoms with Crippen LogP contribution in [0.5, 0.6) is 5.75 Å². The second-order valence-electron chi connectivity index (χ2n) is 8.41. The first-order chi connectivity index (χ1) is 16.6. The number of rotatable bonds is 10. The third-order valence-corrected chi connectivity index (χ3v) is 8.33. The van der Waals surface area contributed by atoms with Crippen molar-refractivity contribution in [2.45, 2.75) is 31.0 Å². The molecule has 0 fully saturated rings. The van der Waals surface area contributed by atoms with Crippen LogP contribution in [0.25, 0.3) is 0 Å². The van der Waals surface area contributed by atoms with Crippen molar-refractivity contribution in [3.63, 3.8) is 0 Å². The number of nitrogens with zero attached hydrogens (tertiary/aromatic N) is 2. The fourth-order valence-electron chi connectivity index (χ4n) is 3.69. The van der Waals surface area contributed by atoms with Gasteiger partial charge in [-0.1, -0.05) is 37.0 Å². The molecule has 0 saturated heterocycles. The summed E-state index contributed by atoms with van der Waals surface area (Å²) in [6, 6.07) is 3.87. The highest BCUT2D eigenvalue weighted by Crippen LogP contribution is 2.43. The van der Waals surface area contributed by atoms with E-state index in [0.717, 1.165) is 33.2 Å². The molecule has 1 amide bonds. The van der Waals surface area contributed by atoms with Gasteiger partial charge in [-0.05, 0) is 82.6 Å². The van der Waals surface area contributed by atoms with Gasteiger partial charge in [0.2, 0.25) is 0 Å². The van der Waals surface area contributed by atoms with E-state index in [1.807, 2.05) is 26.2 Å². The van der Waals surface area contributed by atoms with Crippen molar-refractivity contribution in [2.24, 2.45) is 5.16 Å². The maximum atomic E-state index is 12.7. The Morgan fingerprint density at radius 3 is 2.60 bits per heavy atom. The molecule has 0 unspecified atom stereocenters. The summed E-state index contributed by atoms with van der Waals surface area (Å²) < 4.78 is 14.0. The normalized spacial score (nSPS) is 21.7. The van der Waals surface area contributed by atoms with Crippen LogP contribution >= 0.6 is 63.7 Å². The highest BCUT2D eigenvalue weighted by molar-refractivity contribution is 9.12. The van der Waals surface area contributed by atoms with E-state index in [0.29, 0.717) is 34.3 Å². The number of ether oxygens (including phenoxy) is 2. The van der Waals surface area contributed by atoms with Crippen LogP contribution in [0.4, 0.5) is 0 Å². The van der Waals surface area contributed by atoms with Crippen molar-refractivity contribution < 1.29 is 24.2 Å². The number of allylic oxidation sites excluding steroid dienone is 1. The molecule has 1 heterocycles. The van der Waals surface area contributed by atoms with Gasteiger partial charge in [0.25, 0.3) is 5.91 Å². The number of aliphatic hydroxyl groups is 1. The maximum Gasteiger partial charge on any atom is 0.269 e. The standard InChI is InChI=1S/C23H27Br4N3O5/c1-30(2)7-4-8-34-13-9-15(24)14(16(25)10-13)5-6-28-22(32)18-12-23(35-29-18)11-17(26)20(33-3)19(27)21(23)31/h9-11,21,31H,4-8,12H2,1-3H3,(H,28,32)/t21-,23+/m0/s1. The topological polar surface area (TPSA) is 92.6 Å². The molecule has 1 aromatic rings. The Bertz CT molecular complexity index is 1040. The van der Waals surface area contributed by atoms with E-state index in [9.17, 15) is 9.90 Å². The number of oxime groups is 1. The summed E-state index contributed by atoms with van der Waals surface area (Å²) in [4.78, 5) is 20.4. The van der Waals surface area contributed by atoms with Crippen LogP contribution < -0.4 is 10.1 Å². The molecule has 192 valence electrons. The fraction of sp³-hybridized carbons (Fsp3) is 0.478. The second kappa shape index (κ2) is 12.6. The van der Waals surface area contributed by atoms with Crippen molar-refractivity contribution >= 4 is 75.3 Å². The van der Waals surface area contributed by atoms with E-state index in [4.69, 9.17) is 14.3 Å². The van der Waals surface area contributed by atoms with Gasteiger partial charge in [-0.15, -0.1) is 0 Å². The zero-order chi connectivity index (χ0) is 25.8. The number of nitrogens with one attached hydrogen (secondary N) is 1. The van der Waals surface area contributed by atoms with Gasteiger partial charge in [0.05, 0.1) is 22.7 Å². The van der Waals surface area contributed by atoms with Crippen LogP contribution in [-0.2, 0) is 20.8 Å². The van der Waals surface area contributed by atoms with Crippen LogP contribution in [0, 0.1) is 0 Å².